The minimum atomic E-state index is -3.84. The molecule has 3 aliphatic rings. The number of carbonyl (C=O) groups excluding carboxylic acids is 1. The molecule has 3 atom stereocenters. The molecule has 0 spiro atoms. The van der Waals surface area contributed by atoms with E-state index in [0.29, 0.717) is 90.9 Å². The Morgan fingerprint density at radius 3 is 2.10 bits per heavy atom. The van der Waals surface area contributed by atoms with Gasteiger partial charge < -0.3 is 14.2 Å². The second kappa shape index (κ2) is 17.7. The number of hydrogen-bond acceptors (Lipinski definition) is 7. The number of piperidine rings is 1. The molecular formula is C37H46Cl3N5O5S2. The van der Waals surface area contributed by atoms with Gasteiger partial charge in [-0.1, -0.05) is 65.1 Å². The van der Waals surface area contributed by atoms with Gasteiger partial charge in [0.25, 0.3) is 0 Å². The summed E-state index contributed by atoms with van der Waals surface area (Å²) in [5.74, 6) is 1.37. The Hall–Kier alpha value is -2.55. The Morgan fingerprint density at radius 2 is 1.52 bits per heavy atom. The first kappa shape index (κ1) is 40.6. The van der Waals surface area contributed by atoms with Crippen molar-refractivity contribution in [3.8, 4) is 5.75 Å². The SMILES string of the molecule is CCOc1cc(C)c(S(=O)(=O)N2CCCCC2)cc1C1=N[C@@H](c2ccc(Cl)cc2)[C@@H](c2ccc(Cl)cc2)N1C(=O)N1CCN(CC[S+](C)[O-])CC1.Cl. The van der Waals surface area contributed by atoms with Crippen molar-refractivity contribution in [2.45, 2.75) is 50.1 Å². The van der Waals surface area contributed by atoms with Crippen molar-refractivity contribution >= 4 is 68.7 Å². The number of ether oxygens (including phenoxy) is 1. The van der Waals surface area contributed by atoms with E-state index in [1.807, 2.05) is 36.1 Å². The van der Waals surface area contributed by atoms with Gasteiger partial charge in [0.05, 0.1) is 29.4 Å². The van der Waals surface area contributed by atoms with E-state index in [4.69, 9.17) is 32.9 Å². The standard InChI is InChI=1S/C37H45Cl2N5O5S2.ClH/c1-4-49-32-24-26(2)33(51(47,48)43-16-6-5-7-17-43)25-31(32)36-40-34(27-8-12-29(38)13-9-27)35(28-10-14-30(39)15-11-28)44(36)37(45)42-20-18-41(19-21-42)22-23-50(3)46;/h8-15,24-25,34-35H,4-7,16-23H2,1-3H3;1H/t34-,35+,50?;/m0./s1. The van der Waals surface area contributed by atoms with Gasteiger partial charge in [-0.3, -0.25) is 14.8 Å². The number of carbonyl (C=O) groups is 1. The summed E-state index contributed by atoms with van der Waals surface area (Å²) in [4.78, 5) is 26.2. The van der Waals surface area contributed by atoms with Gasteiger partial charge in [0.15, 0.2) is 0 Å². The number of hydrogen-bond donors (Lipinski definition) is 0. The van der Waals surface area contributed by atoms with E-state index in [9.17, 15) is 17.8 Å². The van der Waals surface area contributed by atoms with E-state index in [1.54, 1.807) is 58.8 Å². The van der Waals surface area contributed by atoms with Crippen molar-refractivity contribution in [2.24, 2.45) is 4.99 Å². The predicted octanol–water partition coefficient (Wildman–Crippen LogP) is 6.96. The summed E-state index contributed by atoms with van der Waals surface area (Å²) in [6.07, 6.45) is 4.32. The number of nitrogens with zero attached hydrogens (tertiary/aromatic N) is 5. The molecule has 0 saturated carbocycles. The summed E-state index contributed by atoms with van der Waals surface area (Å²) >= 11 is 11.8. The third-order valence-corrected chi connectivity index (χ3v) is 13.1. The highest BCUT2D eigenvalue weighted by Crippen LogP contribution is 2.46. The van der Waals surface area contributed by atoms with Gasteiger partial charge in [-0.15, -0.1) is 12.4 Å². The van der Waals surface area contributed by atoms with Gasteiger partial charge in [-0.25, -0.2) is 13.2 Å². The van der Waals surface area contributed by atoms with Crippen LogP contribution < -0.4 is 4.74 Å². The lowest BCUT2D eigenvalue weighted by molar-refractivity contribution is 0.122. The van der Waals surface area contributed by atoms with Crippen LogP contribution in [0.25, 0.3) is 0 Å². The van der Waals surface area contributed by atoms with Crippen molar-refractivity contribution in [2.75, 3.05) is 64.4 Å². The molecule has 0 radical (unpaired) electrons. The average molecular weight is 811 g/mol. The molecule has 0 aromatic heterocycles. The van der Waals surface area contributed by atoms with Crippen LogP contribution in [0.1, 0.15) is 60.5 Å². The zero-order valence-electron chi connectivity index (χ0n) is 29.7. The Balaban J connectivity index is 0.00000523. The van der Waals surface area contributed by atoms with Crippen LogP contribution in [-0.2, 0) is 21.2 Å². The van der Waals surface area contributed by atoms with Gasteiger partial charge in [0.2, 0.25) is 10.0 Å². The monoisotopic (exact) mass is 809 g/mol. The van der Waals surface area contributed by atoms with Gasteiger partial charge in [-0.05, 0) is 79.8 Å². The number of aliphatic imine (C=N–C) groups is 1. The van der Waals surface area contributed by atoms with Crippen LogP contribution in [-0.4, -0.2) is 108 Å². The van der Waals surface area contributed by atoms with Crippen LogP contribution in [0.15, 0.2) is 70.6 Å². The molecule has 10 nitrogen and oxygen atoms in total. The van der Waals surface area contributed by atoms with Crippen molar-refractivity contribution in [3.63, 3.8) is 0 Å². The Labute approximate surface area is 326 Å². The summed E-state index contributed by atoms with van der Waals surface area (Å²) in [6.45, 7) is 7.84. The van der Waals surface area contributed by atoms with Gasteiger partial charge in [-0.2, -0.15) is 4.31 Å². The molecule has 282 valence electrons. The largest absolute Gasteiger partial charge is 0.617 e. The second-order valence-electron chi connectivity index (χ2n) is 13.2. The number of rotatable bonds is 10. The van der Waals surface area contributed by atoms with Crippen LogP contribution in [0.4, 0.5) is 4.79 Å². The molecule has 15 heteroatoms. The third-order valence-electron chi connectivity index (χ3n) is 9.78. The van der Waals surface area contributed by atoms with Crippen LogP contribution in [0, 0.1) is 6.92 Å². The molecule has 3 heterocycles. The molecule has 3 aliphatic heterocycles. The number of halogens is 3. The lowest BCUT2D eigenvalue weighted by Crippen LogP contribution is -2.54. The fraction of sp³-hybridized carbons (Fsp3) is 0.459. The first-order valence-corrected chi connectivity index (χ1v) is 21.4. The first-order chi connectivity index (χ1) is 24.5. The number of amidine groups is 1. The van der Waals surface area contributed by atoms with Gasteiger partial charge in [0.1, 0.15) is 23.4 Å². The maximum Gasteiger partial charge on any atom is 0.326 e. The number of aryl methyl sites for hydroxylation is 1. The lowest BCUT2D eigenvalue weighted by Gasteiger charge is -2.39. The molecule has 6 rings (SSSR count). The lowest BCUT2D eigenvalue weighted by atomic mass is 9.93. The Morgan fingerprint density at radius 1 is 0.923 bits per heavy atom. The summed E-state index contributed by atoms with van der Waals surface area (Å²) in [7, 11) is -3.84. The summed E-state index contributed by atoms with van der Waals surface area (Å²) in [5.41, 5.74) is 2.67. The van der Waals surface area contributed by atoms with Crippen LogP contribution in [0.2, 0.25) is 10.0 Å². The maximum atomic E-state index is 15.0. The number of sulfonamides is 1. The number of piperazine rings is 1. The summed E-state index contributed by atoms with van der Waals surface area (Å²) in [5, 5.41) is 1.14. The predicted molar refractivity (Wildman–Crippen MR) is 211 cm³/mol. The Kier molecular flexibility index (Phi) is 13.8. The highest BCUT2D eigenvalue weighted by atomic mass is 35.5. The third kappa shape index (κ3) is 8.87. The van der Waals surface area contributed by atoms with E-state index in [1.165, 1.54) is 0 Å². The minimum absolute atomic E-state index is 0. The van der Waals surface area contributed by atoms with Crippen molar-refractivity contribution in [3.05, 3.63) is 93.0 Å². The zero-order chi connectivity index (χ0) is 36.3. The number of urea groups is 1. The molecule has 3 aromatic carbocycles. The molecule has 2 fully saturated rings. The highest BCUT2D eigenvalue weighted by molar-refractivity contribution is 7.90. The van der Waals surface area contributed by atoms with Crippen LogP contribution in [0.5, 0.6) is 5.75 Å². The van der Waals surface area contributed by atoms with Crippen molar-refractivity contribution in [1.82, 2.24) is 19.0 Å². The van der Waals surface area contributed by atoms with Gasteiger partial charge >= 0.3 is 6.03 Å². The van der Waals surface area contributed by atoms with Crippen LogP contribution >= 0.6 is 35.6 Å². The second-order valence-corrected chi connectivity index (χ2v) is 17.5. The van der Waals surface area contributed by atoms with E-state index < -0.39 is 33.3 Å². The minimum Gasteiger partial charge on any atom is -0.617 e. The fourth-order valence-electron chi connectivity index (χ4n) is 7.06. The van der Waals surface area contributed by atoms with E-state index in [2.05, 4.69) is 4.90 Å². The summed E-state index contributed by atoms with van der Waals surface area (Å²) < 4.78 is 47.9. The number of amides is 2. The van der Waals surface area contributed by atoms with E-state index in [0.717, 1.165) is 30.4 Å². The normalized spacial score (nSPS) is 20.7. The zero-order valence-corrected chi connectivity index (χ0v) is 33.6. The topological polar surface area (TPSA) is 109 Å². The molecular weight excluding hydrogens is 765 g/mol. The molecule has 0 aliphatic carbocycles. The van der Waals surface area contributed by atoms with E-state index in [-0.39, 0.29) is 23.3 Å². The smallest absolute Gasteiger partial charge is 0.326 e. The Bertz CT molecular complexity index is 1830. The van der Waals surface area contributed by atoms with Crippen LogP contribution in [0.3, 0.4) is 0 Å². The van der Waals surface area contributed by atoms with Crippen molar-refractivity contribution < 1.29 is 22.5 Å². The molecule has 1 unspecified atom stereocenters. The van der Waals surface area contributed by atoms with Gasteiger partial charge in [0, 0.05) is 55.9 Å². The maximum absolute atomic E-state index is 15.0. The molecule has 2 saturated heterocycles. The molecule has 0 N–H and O–H groups in total. The van der Waals surface area contributed by atoms with Crippen molar-refractivity contribution in [1.29, 1.82) is 0 Å². The molecule has 52 heavy (non-hydrogen) atoms. The van der Waals surface area contributed by atoms with E-state index >= 15 is 0 Å². The molecule has 0 bridgehead atoms. The quantitative estimate of drug-likeness (QED) is 0.205. The number of benzene rings is 3. The highest BCUT2D eigenvalue weighted by Gasteiger charge is 2.45. The average Bonchev–Trinajstić information content (AvgIpc) is 3.52. The fourth-order valence-corrected chi connectivity index (χ4v) is 9.58. The first-order valence-electron chi connectivity index (χ1n) is 17.4. The molecule has 2 amide bonds. The summed E-state index contributed by atoms with van der Waals surface area (Å²) in [6, 6.07) is 16.8. The molecule has 3 aromatic rings.